The molecule has 2 aromatic rings. The third-order valence-electron chi connectivity index (χ3n) is 3.06. The molecule has 100 valence electrons. The zero-order chi connectivity index (χ0) is 13.8. The Morgan fingerprint density at radius 2 is 1.74 bits per heavy atom. The Morgan fingerprint density at radius 3 is 2.37 bits per heavy atom. The molecule has 0 aliphatic rings. The summed E-state index contributed by atoms with van der Waals surface area (Å²) >= 11 is 12.3. The largest absolute Gasteiger partial charge is 0.370 e. The SMILES string of the molecule is CN(Cc1ccccc1Cl)c1ccc(CN)c(Cl)c1. The number of hydrogen-bond acceptors (Lipinski definition) is 2. The molecule has 2 aromatic carbocycles. The van der Waals surface area contributed by atoms with E-state index in [0.717, 1.165) is 28.4 Å². The maximum atomic E-state index is 6.18. The van der Waals surface area contributed by atoms with E-state index in [1.54, 1.807) is 0 Å². The Labute approximate surface area is 123 Å². The van der Waals surface area contributed by atoms with Crippen molar-refractivity contribution in [2.45, 2.75) is 13.1 Å². The lowest BCUT2D eigenvalue weighted by atomic mass is 10.1. The van der Waals surface area contributed by atoms with Gasteiger partial charge in [-0.25, -0.2) is 0 Å². The molecule has 0 saturated heterocycles. The van der Waals surface area contributed by atoms with Crippen LogP contribution < -0.4 is 10.6 Å². The topological polar surface area (TPSA) is 29.3 Å². The highest BCUT2D eigenvalue weighted by Crippen LogP contribution is 2.25. The van der Waals surface area contributed by atoms with Crippen molar-refractivity contribution in [3.63, 3.8) is 0 Å². The molecule has 2 rings (SSSR count). The Bertz CT molecular complexity index is 570. The van der Waals surface area contributed by atoms with Crippen LogP contribution in [-0.4, -0.2) is 7.05 Å². The number of benzene rings is 2. The van der Waals surface area contributed by atoms with Gasteiger partial charge in [-0.1, -0.05) is 47.5 Å². The van der Waals surface area contributed by atoms with E-state index in [-0.39, 0.29) is 0 Å². The van der Waals surface area contributed by atoms with Crippen molar-refractivity contribution in [2.24, 2.45) is 5.73 Å². The Balaban J connectivity index is 2.18. The van der Waals surface area contributed by atoms with Gasteiger partial charge in [0, 0.05) is 35.9 Å². The van der Waals surface area contributed by atoms with Gasteiger partial charge in [0.1, 0.15) is 0 Å². The van der Waals surface area contributed by atoms with E-state index in [2.05, 4.69) is 4.90 Å². The average Bonchev–Trinajstić information content (AvgIpc) is 2.41. The van der Waals surface area contributed by atoms with Crippen LogP contribution in [0.25, 0.3) is 0 Å². The molecule has 0 unspecified atom stereocenters. The van der Waals surface area contributed by atoms with Gasteiger partial charge in [0.2, 0.25) is 0 Å². The smallest absolute Gasteiger partial charge is 0.0471 e. The Morgan fingerprint density at radius 1 is 1.00 bits per heavy atom. The molecule has 2 N–H and O–H groups in total. The van der Waals surface area contributed by atoms with Gasteiger partial charge in [0.15, 0.2) is 0 Å². The molecule has 2 nitrogen and oxygen atoms in total. The number of nitrogens with zero attached hydrogens (tertiary/aromatic N) is 1. The van der Waals surface area contributed by atoms with Crippen LogP contribution in [-0.2, 0) is 13.1 Å². The number of hydrogen-bond donors (Lipinski definition) is 1. The van der Waals surface area contributed by atoms with E-state index in [1.807, 2.05) is 49.5 Å². The van der Waals surface area contributed by atoms with Crippen LogP contribution in [0.2, 0.25) is 10.0 Å². The molecule has 0 saturated carbocycles. The molecular formula is C15H16Cl2N2. The number of rotatable bonds is 4. The van der Waals surface area contributed by atoms with Gasteiger partial charge < -0.3 is 10.6 Å². The molecule has 0 spiro atoms. The van der Waals surface area contributed by atoms with Gasteiger partial charge in [-0.15, -0.1) is 0 Å². The van der Waals surface area contributed by atoms with Crippen molar-refractivity contribution in [2.75, 3.05) is 11.9 Å². The van der Waals surface area contributed by atoms with E-state index in [1.165, 1.54) is 0 Å². The maximum absolute atomic E-state index is 6.18. The molecule has 0 fully saturated rings. The summed E-state index contributed by atoms with van der Waals surface area (Å²) in [6.07, 6.45) is 0. The highest BCUT2D eigenvalue weighted by Gasteiger charge is 2.07. The van der Waals surface area contributed by atoms with Gasteiger partial charge in [0.25, 0.3) is 0 Å². The van der Waals surface area contributed by atoms with E-state index < -0.39 is 0 Å². The zero-order valence-electron chi connectivity index (χ0n) is 10.7. The van der Waals surface area contributed by atoms with Crippen LogP contribution in [0.4, 0.5) is 5.69 Å². The quantitative estimate of drug-likeness (QED) is 0.920. The Kier molecular flexibility index (Phi) is 4.70. The molecule has 0 aliphatic carbocycles. The fourth-order valence-corrected chi connectivity index (χ4v) is 2.36. The van der Waals surface area contributed by atoms with Gasteiger partial charge in [-0.3, -0.25) is 0 Å². The number of nitrogens with two attached hydrogens (primary N) is 1. The lowest BCUT2D eigenvalue weighted by molar-refractivity contribution is 0.921. The lowest BCUT2D eigenvalue weighted by Crippen LogP contribution is -2.16. The molecule has 4 heteroatoms. The van der Waals surface area contributed by atoms with Crippen molar-refractivity contribution in [3.05, 3.63) is 63.6 Å². The van der Waals surface area contributed by atoms with E-state index in [0.29, 0.717) is 11.6 Å². The molecule has 0 aromatic heterocycles. The van der Waals surface area contributed by atoms with Crippen molar-refractivity contribution in [1.29, 1.82) is 0 Å². The first-order chi connectivity index (χ1) is 9.11. The second kappa shape index (κ2) is 6.29. The molecule has 0 heterocycles. The van der Waals surface area contributed by atoms with Crippen LogP contribution in [0.5, 0.6) is 0 Å². The van der Waals surface area contributed by atoms with Crippen LogP contribution in [0.3, 0.4) is 0 Å². The average molecular weight is 295 g/mol. The van der Waals surface area contributed by atoms with Crippen molar-refractivity contribution < 1.29 is 0 Å². The maximum Gasteiger partial charge on any atom is 0.0471 e. The molecular weight excluding hydrogens is 279 g/mol. The van der Waals surface area contributed by atoms with Crippen LogP contribution >= 0.6 is 23.2 Å². The molecule has 0 atom stereocenters. The summed E-state index contributed by atoms with van der Waals surface area (Å²) in [4.78, 5) is 2.10. The minimum atomic E-state index is 0.452. The number of halogens is 2. The summed E-state index contributed by atoms with van der Waals surface area (Å²) in [6, 6.07) is 13.7. The minimum Gasteiger partial charge on any atom is -0.370 e. The van der Waals surface area contributed by atoms with E-state index >= 15 is 0 Å². The second-order valence-electron chi connectivity index (χ2n) is 4.43. The summed E-state index contributed by atoms with van der Waals surface area (Å²) in [7, 11) is 2.01. The van der Waals surface area contributed by atoms with Crippen molar-refractivity contribution in [1.82, 2.24) is 0 Å². The monoisotopic (exact) mass is 294 g/mol. The fourth-order valence-electron chi connectivity index (χ4n) is 1.91. The van der Waals surface area contributed by atoms with E-state index in [4.69, 9.17) is 28.9 Å². The lowest BCUT2D eigenvalue weighted by Gasteiger charge is -2.21. The van der Waals surface area contributed by atoms with Crippen LogP contribution in [0, 0.1) is 0 Å². The standard InChI is InChI=1S/C15H16Cl2N2/c1-19(10-12-4-2-3-5-14(12)16)13-7-6-11(9-18)15(17)8-13/h2-8H,9-10,18H2,1H3. The molecule has 0 bridgehead atoms. The van der Waals surface area contributed by atoms with Gasteiger partial charge in [0.05, 0.1) is 0 Å². The molecule has 19 heavy (non-hydrogen) atoms. The third kappa shape index (κ3) is 3.41. The molecule has 0 aliphatic heterocycles. The van der Waals surface area contributed by atoms with Gasteiger partial charge in [-0.05, 0) is 29.3 Å². The summed E-state index contributed by atoms with van der Waals surface area (Å²) in [6.45, 7) is 1.19. The fraction of sp³-hybridized carbons (Fsp3) is 0.200. The van der Waals surface area contributed by atoms with Gasteiger partial charge >= 0.3 is 0 Å². The van der Waals surface area contributed by atoms with Crippen molar-refractivity contribution >= 4 is 28.9 Å². The first-order valence-electron chi connectivity index (χ1n) is 6.05. The normalized spacial score (nSPS) is 10.5. The molecule has 0 radical (unpaired) electrons. The summed E-state index contributed by atoms with van der Waals surface area (Å²) < 4.78 is 0. The van der Waals surface area contributed by atoms with Gasteiger partial charge in [-0.2, -0.15) is 0 Å². The first-order valence-corrected chi connectivity index (χ1v) is 6.80. The van der Waals surface area contributed by atoms with Crippen molar-refractivity contribution in [3.8, 4) is 0 Å². The zero-order valence-corrected chi connectivity index (χ0v) is 12.2. The third-order valence-corrected chi connectivity index (χ3v) is 3.78. The highest BCUT2D eigenvalue weighted by molar-refractivity contribution is 6.31. The number of anilines is 1. The second-order valence-corrected chi connectivity index (χ2v) is 5.24. The van der Waals surface area contributed by atoms with E-state index in [9.17, 15) is 0 Å². The highest BCUT2D eigenvalue weighted by atomic mass is 35.5. The van der Waals surface area contributed by atoms with Crippen LogP contribution in [0.1, 0.15) is 11.1 Å². The summed E-state index contributed by atoms with van der Waals surface area (Å²) in [5, 5.41) is 1.48. The molecule has 0 amide bonds. The predicted molar refractivity (Wildman–Crippen MR) is 82.9 cm³/mol. The first kappa shape index (κ1) is 14.2. The van der Waals surface area contributed by atoms with Crippen LogP contribution in [0.15, 0.2) is 42.5 Å². The Hall–Kier alpha value is -1.22. The summed E-state index contributed by atoms with van der Waals surface area (Å²) in [5.41, 5.74) is 8.69. The minimum absolute atomic E-state index is 0.452. The summed E-state index contributed by atoms with van der Waals surface area (Å²) in [5.74, 6) is 0. The predicted octanol–water partition coefficient (Wildman–Crippen LogP) is 4.09.